The molecule has 3 aromatic carbocycles. The molecule has 0 aliphatic carbocycles. The number of rotatable bonds is 9. The van der Waals surface area contributed by atoms with Crippen LogP contribution in [0.3, 0.4) is 0 Å². The molecule has 8 heteroatoms. The third-order valence-corrected chi connectivity index (χ3v) is 5.07. The molecule has 0 bridgehead atoms. The summed E-state index contributed by atoms with van der Waals surface area (Å²) in [4.78, 5) is 0. The minimum absolute atomic E-state index is 0.0921. The van der Waals surface area contributed by atoms with E-state index in [-0.39, 0.29) is 34.6 Å². The van der Waals surface area contributed by atoms with Gasteiger partial charge in [-0.2, -0.15) is 5.10 Å². The van der Waals surface area contributed by atoms with E-state index in [4.69, 9.17) is 14.2 Å². The van der Waals surface area contributed by atoms with Gasteiger partial charge in [0, 0.05) is 24.8 Å². The summed E-state index contributed by atoms with van der Waals surface area (Å²) in [6.07, 6.45) is -0.843. The van der Waals surface area contributed by atoms with Gasteiger partial charge in [-0.15, -0.1) is 0 Å². The molecule has 1 heterocycles. The molecule has 0 aliphatic heterocycles. The van der Waals surface area contributed by atoms with Crippen molar-refractivity contribution >= 4 is 10.9 Å². The Hall–Kier alpha value is -3.36. The molecule has 0 unspecified atom stereocenters. The monoisotopic (exact) mass is 456 g/mol. The highest BCUT2D eigenvalue weighted by Crippen LogP contribution is 2.34. The Kier molecular flexibility index (Phi) is 6.96. The molecule has 5 nitrogen and oxygen atoms in total. The number of H-pyrrole nitrogens is 1. The Morgan fingerprint density at radius 3 is 2.30 bits per heavy atom. The first kappa shape index (κ1) is 22.8. The first-order chi connectivity index (χ1) is 16.0. The van der Waals surface area contributed by atoms with Gasteiger partial charge in [0.15, 0.2) is 11.6 Å². The summed E-state index contributed by atoms with van der Waals surface area (Å²) in [6.45, 7) is 4.37. The minimum Gasteiger partial charge on any atom is -0.486 e. The number of benzene rings is 3. The van der Waals surface area contributed by atoms with Crippen LogP contribution in [-0.4, -0.2) is 23.4 Å². The van der Waals surface area contributed by atoms with Crippen LogP contribution in [-0.2, 0) is 16.1 Å². The zero-order valence-corrected chi connectivity index (χ0v) is 18.2. The number of ether oxygens (including phenoxy) is 3. The van der Waals surface area contributed by atoms with E-state index in [0.717, 1.165) is 23.8 Å². The molecule has 1 N–H and O–H groups in total. The van der Waals surface area contributed by atoms with Crippen LogP contribution in [0.15, 0.2) is 54.6 Å². The van der Waals surface area contributed by atoms with Gasteiger partial charge < -0.3 is 14.2 Å². The van der Waals surface area contributed by atoms with Gasteiger partial charge >= 0.3 is 0 Å². The largest absolute Gasteiger partial charge is 0.486 e. The predicted molar refractivity (Wildman–Crippen MR) is 118 cm³/mol. The van der Waals surface area contributed by atoms with Crippen LogP contribution in [0.25, 0.3) is 22.0 Å². The highest BCUT2D eigenvalue weighted by Gasteiger charge is 2.23. The van der Waals surface area contributed by atoms with Crippen molar-refractivity contribution in [2.75, 3.05) is 13.2 Å². The first-order valence-corrected chi connectivity index (χ1v) is 10.6. The Morgan fingerprint density at radius 2 is 1.61 bits per heavy atom. The summed E-state index contributed by atoms with van der Waals surface area (Å²) in [5.74, 6) is -2.36. The second-order valence-electron chi connectivity index (χ2n) is 7.27. The Morgan fingerprint density at radius 1 is 0.879 bits per heavy atom. The number of halogens is 3. The van der Waals surface area contributed by atoms with Crippen LogP contribution in [0, 0.1) is 17.5 Å². The normalized spacial score (nSPS) is 11.5. The number of aromatic amines is 1. The fourth-order valence-corrected chi connectivity index (χ4v) is 3.56. The topological polar surface area (TPSA) is 56.4 Å². The molecule has 0 amide bonds. The molecule has 0 fully saturated rings. The maximum absolute atomic E-state index is 15.1. The Labute approximate surface area is 189 Å². The highest BCUT2D eigenvalue weighted by atomic mass is 19.1. The van der Waals surface area contributed by atoms with Gasteiger partial charge in [-0.3, -0.25) is 5.10 Å². The van der Waals surface area contributed by atoms with Crippen molar-refractivity contribution in [2.45, 2.75) is 26.7 Å². The molecule has 4 rings (SSSR count). The smallest absolute Gasteiger partial charge is 0.203 e. The third-order valence-electron chi connectivity index (χ3n) is 5.07. The van der Waals surface area contributed by atoms with Crippen molar-refractivity contribution in [1.82, 2.24) is 10.2 Å². The van der Waals surface area contributed by atoms with Crippen LogP contribution in [0.5, 0.6) is 5.75 Å². The lowest BCUT2D eigenvalue weighted by atomic mass is 10.0. The molecule has 0 aliphatic rings. The maximum atomic E-state index is 15.1. The van der Waals surface area contributed by atoms with E-state index in [9.17, 15) is 8.78 Å². The van der Waals surface area contributed by atoms with Gasteiger partial charge in [0.05, 0.1) is 10.9 Å². The lowest BCUT2D eigenvalue weighted by molar-refractivity contribution is -0.141. The van der Waals surface area contributed by atoms with Crippen molar-refractivity contribution in [3.05, 3.63) is 83.3 Å². The van der Waals surface area contributed by atoms with Gasteiger partial charge in [0.2, 0.25) is 6.29 Å². The lowest BCUT2D eigenvalue weighted by Gasteiger charge is -2.15. The van der Waals surface area contributed by atoms with Crippen molar-refractivity contribution in [1.29, 1.82) is 0 Å². The Bertz CT molecular complexity index is 1240. The fraction of sp³-hybridized carbons (Fsp3) is 0.240. The summed E-state index contributed by atoms with van der Waals surface area (Å²) in [5, 5.41) is 7.04. The molecule has 0 spiro atoms. The van der Waals surface area contributed by atoms with Gasteiger partial charge in [-0.05, 0) is 43.2 Å². The van der Waals surface area contributed by atoms with Crippen molar-refractivity contribution in [2.24, 2.45) is 0 Å². The first-order valence-electron chi connectivity index (χ1n) is 10.6. The number of hydrogen-bond acceptors (Lipinski definition) is 4. The summed E-state index contributed by atoms with van der Waals surface area (Å²) in [5.41, 5.74) is 1.46. The minimum atomic E-state index is -0.843. The van der Waals surface area contributed by atoms with Gasteiger partial charge in [-0.1, -0.05) is 30.3 Å². The maximum Gasteiger partial charge on any atom is 0.203 e. The molecule has 0 radical (unpaired) electrons. The number of fused-ring (bicyclic) bond motifs is 1. The van der Waals surface area contributed by atoms with Crippen LogP contribution in [0.4, 0.5) is 13.2 Å². The third kappa shape index (κ3) is 4.86. The van der Waals surface area contributed by atoms with Crippen LogP contribution in [0.1, 0.15) is 31.4 Å². The molecule has 0 saturated heterocycles. The second kappa shape index (κ2) is 10.1. The van der Waals surface area contributed by atoms with E-state index in [1.807, 2.05) is 30.3 Å². The van der Waals surface area contributed by atoms with Gasteiger partial charge in [0.1, 0.15) is 23.9 Å². The van der Waals surface area contributed by atoms with Gasteiger partial charge in [0.25, 0.3) is 0 Å². The number of nitrogens with one attached hydrogen (secondary N) is 1. The molecule has 0 atom stereocenters. The van der Waals surface area contributed by atoms with E-state index < -0.39 is 23.7 Å². The lowest BCUT2D eigenvalue weighted by Crippen LogP contribution is -2.10. The number of aromatic nitrogens is 2. The fourth-order valence-electron chi connectivity index (χ4n) is 3.56. The number of hydrogen-bond donors (Lipinski definition) is 1. The van der Waals surface area contributed by atoms with Crippen LogP contribution >= 0.6 is 0 Å². The average Bonchev–Trinajstić information content (AvgIpc) is 3.24. The zero-order chi connectivity index (χ0) is 23.4. The van der Waals surface area contributed by atoms with E-state index in [0.29, 0.717) is 18.7 Å². The summed E-state index contributed by atoms with van der Waals surface area (Å²) >= 11 is 0. The van der Waals surface area contributed by atoms with Crippen LogP contribution in [0.2, 0.25) is 0 Å². The van der Waals surface area contributed by atoms with Crippen molar-refractivity contribution < 1.29 is 27.4 Å². The highest BCUT2D eigenvalue weighted by molar-refractivity contribution is 5.87. The summed E-state index contributed by atoms with van der Waals surface area (Å²) in [7, 11) is 0. The van der Waals surface area contributed by atoms with Crippen molar-refractivity contribution in [3.63, 3.8) is 0 Å². The van der Waals surface area contributed by atoms with Crippen LogP contribution < -0.4 is 4.74 Å². The second-order valence-corrected chi connectivity index (χ2v) is 7.27. The van der Waals surface area contributed by atoms with E-state index >= 15 is 4.39 Å². The standard InChI is InChI=1S/C25H23F3N2O3/c1-3-31-25(32-4-2)24-23-20(28)10-16(11-21(23)29-30-24)17-12-19(27)22(13-18(17)26)33-14-15-8-6-5-7-9-15/h5-13,25H,3-4,14H2,1-2H3,(H,29,30). The van der Waals surface area contributed by atoms with E-state index in [1.54, 1.807) is 13.8 Å². The molecule has 4 aromatic rings. The van der Waals surface area contributed by atoms with E-state index in [1.165, 1.54) is 6.07 Å². The molecule has 0 saturated carbocycles. The quantitative estimate of drug-likeness (QED) is 0.301. The van der Waals surface area contributed by atoms with Crippen molar-refractivity contribution in [3.8, 4) is 16.9 Å². The average molecular weight is 456 g/mol. The molecular formula is C25H23F3N2O3. The number of nitrogens with zero attached hydrogens (tertiary/aromatic N) is 1. The molecule has 1 aromatic heterocycles. The SMILES string of the molecule is CCOC(OCC)c1n[nH]c2cc(-c3cc(F)c(OCc4ccccc4)cc3F)cc(F)c12. The predicted octanol–water partition coefficient (Wildman–Crippen LogP) is 6.30. The van der Waals surface area contributed by atoms with E-state index in [2.05, 4.69) is 10.2 Å². The summed E-state index contributed by atoms with van der Waals surface area (Å²) < 4.78 is 61.1. The molecule has 33 heavy (non-hydrogen) atoms. The molecule has 172 valence electrons. The molecular weight excluding hydrogens is 433 g/mol. The summed E-state index contributed by atoms with van der Waals surface area (Å²) in [6, 6.07) is 13.8. The Balaban J connectivity index is 1.65. The zero-order valence-electron chi connectivity index (χ0n) is 18.2. The van der Waals surface area contributed by atoms with Gasteiger partial charge in [-0.25, -0.2) is 13.2 Å².